The van der Waals surface area contributed by atoms with Crippen molar-refractivity contribution < 1.29 is 26.4 Å². The number of nitrogens with zero attached hydrogens (tertiary/aromatic N) is 1. The minimum absolute atomic E-state index is 0.0149. The number of nitrogens with one attached hydrogen (secondary N) is 3. The molecule has 1 amide bonds. The second-order valence-corrected chi connectivity index (χ2v) is 11.0. The Hall–Kier alpha value is -3.51. The van der Waals surface area contributed by atoms with Gasteiger partial charge in [0.1, 0.15) is 16.3 Å². The Morgan fingerprint density at radius 1 is 1.22 bits per heavy atom. The molecule has 12 heteroatoms. The minimum Gasteiger partial charge on any atom is -0.485 e. The van der Waals surface area contributed by atoms with Gasteiger partial charge in [0.15, 0.2) is 6.10 Å². The van der Waals surface area contributed by atoms with Crippen LogP contribution in [0.15, 0.2) is 82.0 Å². The Morgan fingerprint density at radius 2 is 2.00 bits per heavy atom. The number of sulfonamides is 2. The molecule has 166 valence electrons. The van der Waals surface area contributed by atoms with Crippen molar-refractivity contribution in [1.82, 2.24) is 9.62 Å². The lowest BCUT2D eigenvalue weighted by atomic mass is 9.93. The van der Waals surface area contributed by atoms with Crippen LogP contribution in [0.1, 0.15) is 6.92 Å². The van der Waals surface area contributed by atoms with Gasteiger partial charge in [-0.2, -0.15) is 0 Å². The van der Waals surface area contributed by atoms with Gasteiger partial charge in [-0.25, -0.2) is 16.8 Å². The predicted octanol–water partition coefficient (Wildman–Crippen LogP) is 1.46. The summed E-state index contributed by atoms with van der Waals surface area (Å²) in [5.41, 5.74) is 1.82. The summed E-state index contributed by atoms with van der Waals surface area (Å²) in [7, 11) is -7.70. The van der Waals surface area contributed by atoms with Crippen molar-refractivity contribution in [3.8, 4) is 0 Å². The molecule has 4 aliphatic heterocycles. The number of hydrogen-bond donors (Lipinski definition) is 3. The molecule has 1 aromatic rings. The molecule has 0 aromatic heterocycles. The van der Waals surface area contributed by atoms with Crippen LogP contribution in [-0.4, -0.2) is 40.0 Å². The van der Waals surface area contributed by atoms with Crippen LogP contribution < -0.4 is 14.8 Å². The first-order chi connectivity index (χ1) is 15.0. The van der Waals surface area contributed by atoms with Gasteiger partial charge in [0.05, 0.1) is 23.4 Å². The van der Waals surface area contributed by atoms with Crippen molar-refractivity contribution in [2.45, 2.75) is 17.9 Å². The van der Waals surface area contributed by atoms with E-state index in [1.807, 2.05) is 12.2 Å². The molecule has 4 aliphatic rings. The quantitative estimate of drug-likeness (QED) is 0.553. The summed E-state index contributed by atoms with van der Waals surface area (Å²) >= 11 is 0. The molecule has 1 aromatic carbocycles. The number of carbonyl (C=O) groups is 1. The first kappa shape index (κ1) is 20.4. The summed E-state index contributed by atoms with van der Waals surface area (Å²) in [5, 5.41) is 2.96. The summed E-state index contributed by atoms with van der Waals surface area (Å²) in [6.07, 6.45) is 8.93. The van der Waals surface area contributed by atoms with Crippen LogP contribution in [0.3, 0.4) is 0 Å². The van der Waals surface area contributed by atoms with Crippen molar-refractivity contribution >= 4 is 37.3 Å². The fourth-order valence-corrected chi connectivity index (χ4v) is 5.72. The predicted molar refractivity (Wildman–Crippen MR) is 117 cm³/mol. The van der Waals surface area contributed by atoms with Gasteiger partial charge in [0.2, 0.25) is 10.0 Å². The highest BCUT2D eigenvalue weighted by atomic mass is 32.2. The van der Waals surface area contributed by atoms with Crippen LogP contribution >= 0.6 is 0 Å². The molecule has 4 heterocycles. The molecule has 1 unspecified atom stereocenters. The number of hydrogen-bond acceptors (Lipinski definition) is 7. The van der Waals surface area contributed by atoms with Gasteiger partial charge in [0.25, 0.3) is 15.9 Å². The standard InChI is InChI=1S/C20H18N4O6S2/c1-11-9-13-15-5-3-4-8-24(15)20(25)17(18(13)30-11)19-21-14-7-6-12(22-31(2,26)27)10-16(14)32(28,29)23-19/h3-10,18,21-23H,1-2H3/b19-17-. The number of allylic oxidation sites excluding steroid dienone is 4. The maximum absolute atomic E-state index is 13.3. The van der Waals surface area contributed by atoms with E-state index in [0.717, 1.165) is 11.8 Å². The van der Waals surface area contributed by atoms with Crippen LogP contribution in [0.5, 0.6) is 0 Å². The first-order valence-corrected chi connectivity index (χ1v) is 12.8. The van der Waals surface area contributed by atoms with E-state index in [4.69, 9.17) is 4.74 Å². The van der Waals surface area contributed by atoms with Crippen LogP contribution in [0, 0.1) is 0 Å². The zero-order chi connectivity index (χ0) is 22.8. The summed E-state index contributed by atoms with van der Waals surface area (Å²) in [4.78, 5) is 14.6. The van der Waals surface area contributed by atoms with Gasteiger partial charge < -0.3 is 10.1 Å². The summed E-state index contributed by atoms with van der Waals surface area (Å²) < 4.78 is 59.5. The number of anilines is 2. The molecule has 0 fully saturated rings. The van der Waals surface area contributed by atoms with Crippen molar-refractivity contribution in [2.24, 2.45) is 0 Å². The number of benzene rings is 1. The molecule has 0 bridgehead atoms. The molecule has 1 atom stereocenters. The summed E-state index contributed by atoms with van der Waals surface area (Å²) in [6, 6.07) is 4.06. The molecule has 0 spiro atoms. The monoisotopic (exact) mass is 474 g/mol. The Balaban J connectivity index is 1.63. The second-order valence-electron chi connectivity index (χ2n) is 7.57. The van der Waals surface area contributed by atoms with Gasteiger partial charge in [-0.15, -0.1) is 0 Å². The highest BCUT2D eigenvalue weighted by Crippen LogP contribution is 2.41. The normalized spacial score (nSPS) is 25.2. The van der Waals surface area contributed by atoms with Gasteiger partial charge in [-0.05, 0) is 43.4 Å². The number of rotatable bonds is 2. The van der Waals surface area contributed by atoms with E-state index in [2.05, 4.69) is 14.8 Å². The Morgan fingerprint density at radius 3 is 2.75 bits per heavy atom. The van der Waals surface area contributed by atoms with Crippen molar-refractivity contribution in [3.05, 3.63) is 77.1 Å². The SMILES string of the molecule is CC1=CC2=C3C=CC=CN3C(=O)/C(=C3/Nc4ccc(NS(C)(=O)=O)cc4S(=O)(=O)N3)C2O1. The number of ether oxygens (including phenoxy) is 1. The van der Waals surface area contributed by atoms with Crippen molar-refractivity contribution in [3.63, 3.8) is 0 Å². The van der Waals surface area contributed by atoms with Gasteiger partial charge >= 0.3 is 0 Å². The largest absolute Gasteiger partial charge is 0.485 e. The molecule has 3 N–H and O–H groups in total. The maximum Gasteiger partial charge on any atom is 0.266 e. The zero-order valence-electron chi connectivity index (χ0n) is 16.9. The third-order valence-electron chi connectivity index (χ3n) is 5.15. The van der Waals surface area contributed by atoms with Crippen molar-refractivity contribution in [1.29, 1.82) is 0 Å². The highest BCUT2D eigenvalue weighted by Gasteiger charge is 2.44. The lowest BCUT2D eigenvalue weighted by molar-refractivity contribution is -0.124. The molecule has 10 nitrogen and oxygen atoms in total. The maximum atomic E-state index is 13.3. The third-order valence-corrected chi connectivity index (χ3v) is 7.15. The van der Waals surface area contributed by atoms with Gasteiger partial charge in [0, 0.05) is 17.5 Å². The number of amides is 1. The van der Waals surface area contributed by atoms with Crippen LogP contribution in [0.4, 0.5) is 11.4 Å². The van der Waals surface area contributed by atoms with E-state index in [1.54, 1.807) is 25.3 Å². The third kappa shape index (κ3) is 3.28. The van der Waals surface area contributed by atoms with Gasteiger partial charge in [-0.1, -0.05) is 6.08 Å². The highest BCUT2D eigenvalue weighted by molar-refractivity contribution is 7.92. The van der Waals surface area contributed by atoms with E-state index >= 15 is 0 Å². The number of fused-ring (bicyclic) bond motifs is 3. The fraction of sp³-hybridized carbons (Fsp3) is 0.150. The lowest BCUT2D eigenvalue weighted by Crippen LogP contribution is -2.44. The smallest absolute Gasteiger partial charge is 0.266 e. The molecule has 5 rings (SSSR count). The second kappa shape index (κ2) is 6.74. The zero-order valence-corrected chi connectivity index (χ0v) is 18.5. The average Bonchev–Trinajstić information content (AvgIpc) is 3.08. The van der Waals surface area contributed by atoms with Crippen molar-refractivity contribution in [2.75, 3.05) is 16.3 Å². The molecule has 0 radical (unpaired) electrons. The molecule has 0 saturated carbocycles. The fourth-order valence-electron chi connectivity index (χ4n) is 3.93. The van der Waals surface area contributed by atoms with E-state index in [-0.39, 0.29) is 27.7 Å². The van der Waals surface area contributed by atoms with Crippen LogP contribution in [-0.2, 0) is 29.6 Å². The molecule has 0 saturated heterocycles. The van der Waals surface area contributed by atoms with Crippen LogP contribution in [0.25, 0.3) is 0 Å². The summed E-state index contributed by atoms with van der Waals surface area (Å²) in [5.74, 6) is 0.157. The van der Waals surface area contributed by atoms with Gasteiger partial charge in [-0.3, -0.25) is 19.1 Å². The molecule has 0 aliphatic carbocycles. The van der Waals surface area contributed by atoms with E-state index in [9.17, 15) is 21.6 Å². The number of carbonyl (C=O) groups excluding carboxylic acids is 1. The lowest BCUT2D eigenvalue weighted by Gasteiger charge is -2.35. The molecular formula is C20H18N4O6S2. The Bertz CT molecular complexity index is 1450. The molecular weight excluding hydrogens is 456 g/mol. The van der Waals surface area contributed by atoms with E-state index in [0.29, 0.717) is 11.5 Å². The summed E-state index contributed by atoms with van der Waals surface area (Å²) in [6.45, 7) is 1.76. The van der Waals surface area contributed by atoms with E-state index < -0.39 is 32.1 Å². The Kier molecular flexibility index (Phi) is 4.30. The molecule has 32 heavy (non-hydrogen) atoms. The first-order valence-electron chi connectivity index (χ1n) is 9.47. The van der Waals surface area contributed by atoms with Crippen LogP contribution in [0.2, 0.25) is 0 Å². The average molecular weight is 475 g/mol. The minimum atomic E-state index is -4.11. The topological polar surface area (TPSA) is 134 Å². The Labute approximate surface area is 184 Å². The van der Waals surface area contributed by atoms with E-state index in [1.165, 1.54) is 23.1 Å².